The molecule has 2 rings (SSSR count). The van der Waals surface area contributed by atoms with Gasteiger partial charge >= 0.3 is 0 Å². The third-order valence-electron chi connectivity index (χ3n) is 3.60. The third-order valence-corrected chi connectivity index (χ3v) is 3.60. The maximum absolute atomic E-state index is 13.6. The molecule has 0 radical (unpaired) electrons. The zero-order valence-electron chi connectivity index (χ0n) is 10.5. The molecule has 6 heteroatoms. The standard InChI is InChI=1S/C13H15F3N2O/c1-13(6-17)4-5-18(7-13)12(19)8-2-3-9(14)11(16)10(8)15/h2-3H,4-7,17H2,1H3. The number of nitrogens with zero attached hydrogens (tertiary/aromatic N) is 1. The van der Waals surface area contributed by atoms with Crippen LogP contribution in [0.4, 0.5) is 13.2 Å². The SMILES string of the molecule is CC1(CN)CCN(C(=O)c2ccc(F)c(F)c2F)C1. The van der Waals surface area contributed by atoms with Crippen LogP contribution >= 0.6 is 0 Å². The molecule has 0 bridgehead atoms. The van der Waals surface area contributed by atoms with E-state index in [-0.39, 0.29) is 5.41 Å². The summed E-state index contributed by atoms with van der Waals surface area (Å²) in [6, 6.07) is 1.72. The highest BCUT2D eigenvalue weighted by Crippen LogP contribution is 2.30. The number of halogens is 3. The summed E-state index contributed by atoms with van der Waals surface area (Å²) in [4.78, 5) is 13.5. The number of rotatable bonds is 2. The van der Waals surface area contributed by atoms with Crippen LogP contribution in [0.15, 0.2) is 12.1 Å². The monoisotopic (exact) mass is 272 g/mol. The van der Waals surface area contributed by atoms with Gasteiger partial charge in [-0.25, -0.2) is 13.2 Å². The van der Waals surface area contributed by atoms with Crippen LogP contribution in [0, 0.1) is 22.9 Å². The van der Waals surface area contributed by atoms with Crippen LogP contribution in [-0.4, -0.2) is 30.4 Å². The molecular formula is C13H15F3N2O. The van der Waals surface area contributed by atoms with E-state index in [0.29, 0.717) is 26.1 Å². The first kappa shape index (κ1) is 13.9. The lowest BCUT2D eigenvalue weighted by atomic mass is 9.90. The van der Waals surface area contributed by atoms with Crippen molar-refractivity contribution in [1.82, 2.24) is 4.90 Å². The van der Waals surface area contributed by atoms with Crippen LogP contribution in [0.2, 0.25) is 0 Å². The normalized spacial score (nSPS) is 22.9. The Hall–Kier alpha value is -1.56. The Balaban J connectivity index is 2.25. The van der Waals surface area contributed by atoms with Crippen molar-refractivity contribution in [3.63, 3.8) is 0 Å². The average Bonchev–Trinajstić information content (AvgIpc) is 2.79. The predicted molar refractivity (Wildman–Crippen MR) is 64.0 cm³/mol. The van der Waals surface area contributed by atoms with Crippen molar-refractivity contribution in [2.45, 2.75) is 13.3 Å². The summed E-state index contributed by atoms with van der Waals surface area (Å²) in [5, 5.41) is 0. The van der Waals surface area contributed by atoms with Crippen molar-refractivity contribution in [3.05, 3.63) is 35.1 Å². The van der Waals surface area contributed by atoms with E-state index < -0.39 is 28.9 Å². The highest BCUT2D eigenvalue weighted by Gasteiger charge is 2.36. The van der Waals surface area contributed by atoms with E-state index in [2.05, 4.69) is 0 Å². The molecule has 1 aromatic rings. The fraction of sp³-hybridized carbons (Fsp3) is 0.462. The van der Waals surface area contributed by atoms with Crippen molar-refractivity contribution in [2.24, 2.45) is 11.1 Å². The molecule has 1 aliphatic heterocycles. The molecule has 2 N–H and O–H groups in total. The quantitative estimate of drug-likeness (QED) is 0.836. The van der Waals surface area contributed by atoms with Gasteiger partial charge in [0.1, 0.15) is 0 Å². The van der Waals surface area contributed by atoms with E-state index >= 15 is 0 Å². The van der Waals surface area contributed by atoms with Gasteiger partial charge in [-0.05, 0) is 30.5 Å². The second-order valence-electron chi connectivity index (χ2n) is 5.21. The Morgan fingerprint density at radius 2 is 2.05 bits per heavy atom. The molecule has 1 aliphatic rings. The molecule has 0 saturated carbocycles. The minimum atomic E-state index is -1.62. The second kappa shape index (κ2) is 4.85. The molecule has 0 aliphatic carbocycles. The Kier molecular flexibility index (Phi) is 3.54. The minimum absolute atomic E-state index is 0.204. The number of likely N-dealkylation sites (tertiary alicyclic amines) is 1. The van der Waals surface area contributed by atoms with Crippen LogP contribution in [0.1, 0.15) is 23.7 Å². The highest BCUT2D eigenvalue weighted by molar-refractivity contribution is 5.94. The zero-order chi connectivity index (χ0) is 14.2. The molecule has 1 fully saturated rings. The Morgan fingerprint density at radius 3 is 2.63 bits per heavy atom. The Bertz CT molecular complexity index is 521. The first-order chi connectivity index (χ1) is 8.88. The summed E-state index contributed by atoms with van der Waals surface area (Å²) in [6.07, 6.45) is 0.709. The molecule has 0 aromatic heterocycles. The van der Waals surface area contributed by atoms with Gasteiger partial charge in [0.2, 0.25) is 0 Å². The van der Waals surface area contributed by atoms with Crippen molar-refractivity contribution < 1.29 is 18.0 Å². The molecule has 1 heterocycles. The zero-order valence-corrected chi connectivity index (χ0v) is 10.5. The van der Waals surface area contributed by atoms with Gasteiger partial charge in [-0.15, -0.1) is 0 Å². The lowest BCUT2D eigenvalue weighted by Gasteiger charge is -2.22. The first-order valence-electron chi connectivity index (χ1n) is 6.01. The van der Waals surface area contributed by atoms with Crippen molar-refractivity contribution in [2.75, 3.05) is 19.6 Å². The Labute approximate surface area is 109 Å². The molecule has 3 nitrogen and oxygen atoms in total. The summed E-state index contributed by atoms with van der Waals surface area (Å²) < 4.78 is 39.5. The number of benzene rings is 1. The van der Waals surface area contributed by atoms with Crippen molar-refractivity contribution in [1.29, 1.82) is 0 Å². The number of carbonyl (C=O) groups excluding carboxylic acids is 1. The molecule has 1 aromatic carbocycles. The van der Waals surface area contributed by atoms with E-state index in [1.807, 2.05) is 6.92 Å². The topological polar surface area (TPSA) is 46.3 Å². The second-order valence-corrected chi connectivity index (χ2v) is 5.21. The summed E-state index contributed by atoms with van der Waals surface area (Å²) in [5.41, 5.74) is 4.97. The van der Waals surface area contributed by atoms with Gasteiger partial charge in [0.25, 0.3) is 5.91 Å². The number of hydrogen-bond acceptors (Lipinski definition) is 2. The van der Waals surface area contributed by atoms with Crippen LogP contribution in [-0.2, 0) is 0 Å². The third kappa shape index (κ3) is 2.45. The minimum Gasteiger partial charge on any atom is -0.338 e. The predicted octanol–water partition coefficient (Wildman–Crippen LogP) is 1.91. The van der Waals surface area contributed by atoms with Crippen LogP contribution in [0.5, 0.6) is 0 Å². The van der Waals surface area contributed by atoms with Gasteiger partial charge < -0.3 is 10.6 Å². The largest absolute Gasteiger partial charge is 0.338 e. The number of nitrogens with two attached hydrogens (primary N) is 1. The molecule has 1 amide bonds. The highest BCUT2D eigenvalue weighted by atomic mass is 19.2. The summed E-state index contributed by atoms with van der Waals surface area (Å²) in [6.45, 7) is 3.17. The van der Waals surface area contributed by atoms with Gasteiger partial charge in [0.05, 0.1) is 5.56 Å². The molecule has 1 unspecified atom stereocenters. The molecule has 0 spiro atoms. The lowest BCUT2D eigenvalue weighted by molar-refractivity contribution is 0.0771. The lowest BCUT2D eigenvalue weighted by Crippen LogP contribution is -2.35. The number of amides is 1. The van der Waals surface area contributed by atoms with Gasteiger partial charge in [-0.2, -0.15) is 0 Å². The van der Waals surface area contributed by atoms with Gasteiger partial charge in [-0.1, -0.05) is 6.92 Å². The van der Waals surface area contributed by atoms with Gasteiger partial charge in [0, 0.05) is 13.1 Å². The van der Waals surface area contributed by atoms with E-state index in [1.54, 1.807) is 0 Å². The van der Waals surface area contributed by atoms with Gasteiger partial charge in [-0.3, -0.25) is 4.79 Å². The van der Waals surface area contributed by atoms with Gasteiger partial charge in [0.15, 0.2) is 17.5 Å². The molecular weight excluding hydrogens is 257 g/mol. The van der Waals surface area contributed by atoms with Crippen molar-refractivity contribution in [3.8, 4) is 0 Å². The average molecular weight is 272 g/mol. The number of carbonyl (C=O) groups is 1. The van der Waals surface area contributed by atoms with E-state index in [4.69, 9.17) is 5.73 Å². The smallest absolute Gasteiger partial charge is 0.256 e. The van der Waals surface area contributed by atoms with E-state index in [9.17, 15) is 18.0 Å². The molecule has 1 saturated heterocycles. The summed E-state index contributed by atoms with van der Waals surface area (Å²) >= 11 is 0. The maximum atomic E-state index is 13.6. The summed E-state index contributed by atoms with van der Waals surface area (Å²) in [5.74, 6) is -4.99. The number of hydrogen-bond donors (Lipinski definition) is 1. The fourth-order valence-corrected chi connectivity index (χ4v) is 2.23. The molecule has 104 valence electrons. The molecule has 1 atom stereocenters. The Morgan fingerprint density at radius 1 is 1.37 bits per heavy atom. The first-order valence-corrected chi connectivity index (χ1v) is 6.01. The summed E-state index contributed by atoms with van der Waals surface area (Å²) in [7, 11) is 0. The van der Waals surface area contributed by atoms with Crippen molar-refractivity contribution >= 4 is 5.91 Å². The maximum Gasteiger partial charge on any atom is 0.256 e. The van der Waals surface area contributed by atoms with E-state index in [1.165, 1.54) is 4.90 Å². The van der Waals surface area contributed by atoms with Crippen LogP contribution in [0.25, 0.3) is 0 Å². The van der Waals surface area contributed by atoms with Crippen LogP contribution in [0.3, 0.4) is 0 Å². The van der Waals surface area contributed by atoms with E-state index in [0.717, 1.165) is 12.1 Å². The van der Waals surface area contributed by atoms with Crippen LogP contribution < -0.4 is 5.73 Å². The fourth-order valence-electron chi connectivity index (χ4n) is 2.23. The molecule has 19 heavy (non-hydrogen) atoms.